The lowest BCUT2D eigenvalue weighted by atomic mass is 10.1. The van der Waals surface area contributed by atoms with Gasteiger partial charge in [-0.05, 0) is 13.8 Å². The van der Waals surface area contributed by atoms with Crippen molar-refractivity contribution in [3.05, 3.63) is 0 Å². The molecule has 0 rings (SSSR count). The topological polar surface area (TPSA) is 55.1 Å². The van der Waals surface area contributed by atoms with Crippen LogP contribution in [0.2, 0.25) is 0 Å². The van der Waals surface area contributed by atoms with Gasteiger partial charge in [-0.1, -0.05) is 20.8 Å². The van der Waals surface area contributed by atoms with Crippen LogP contribution in [0.25, 0.3) is 0 Å². The molecule has 0 bridgehead atoms. The Kier molecular flexibility index (Phi) is 4.95. The molecule has 84 valence electrons. The molecule has 0 aromatic rings. The van der Waals surface area contributed by atoms with Crippen LogP contribution < -0.4 is 11.1 Å². The third-order valence-electron chi connectivity index (χ3n) is 1.38. The first-order valence-corrected chi connectivity index (χ1v) is 5.78. The summed E-state index contributed by atoms with van der Waals surface area (Å²) in [7, 11) is 0. The Morgan fingerprint density at radius 1 is 1.29 bits per heavy atom. The summed E-state index contributed by atoms with van der Waals surface area (Å²) in [6.45, 7) is 10.6. The summed E-state index contributed by atoms with van der Waals surface area (Å²) in [6, 6.07) is 0. The molecule has 0 fully saturated rings. The highest BCUT2D eigenvalue weighted by atomic mass is 32.2. The average Bonchev–Trinajstić information content (AvgIpc) is 1.94. The molecule has 0 saturated heterocycles. The zero-order chi connectivity index (χ0) is 11.4. The normalized spacial score (nSPS) is 12.7. The summed E-state index contributed by atoms with van der Waals surface area (Å²) in [5, 5.41) is 2.81. The van der Waals surface area contributed by atoms with E-state index >= 15 is 0 Å². The lowest BCUT2D eigenvalue weighted by Gasteiger charge is -2.20. The monoisotopic (exact) mass is 218 g/mol. The smallest absolute Gasteiger partial charge is 0.230 e. The molecule has 3 nitrogen and oxygen atoms in total. The third-order valence-corrected chi connectivity index (χ3v) is 2.65. The number of thioether (sulfide) groups is 1. The van der Waals surface area contributed by atoms with Crippen LogP contribution in [-0.2, 0) is 4.79 Å². The van der Waals surface area contributed by atoms with E-state index in [-0.39, 0.29) is 16.2 Å². The Labute approximate surface area is 91.2 Å². The van der Waals surface area contributed by atoms with Crippen LogP contribution in [0, 0.1) is 0 Å². The molecule has 0 aromatic heterocycles. The van der Waals surface area contributed by atoms with E-state index in [9.17, 15) is 4.79 Å². The summed E-state index contributed by atoms with van der Waals surface area (Å²) in [5.74, 6) is 0.558. The van der Waals surface area contributed by atoms with Gasteiger partial charge in [-0.15, -0.1) is 11.8 Å². The lowest BCUT2D eigenvalue weighted by Crippen LogP contribution is -2.45. The predicted molar refractivity (Wildman–Crippen MR) is 63.5 cm³/mol. The lowest BCUT2D eigenvalue weighted by molar-refractivity contribution is -0.118. The molecule has 0 heterocycles. The van der Waals surface area contributed by atoms with Gasteiger partial charge in [0.25, 0.3) is 0 Å². The van der Waals surface area contributed by atoms with Gasteiger partial charge < -0.3 is 11.1 Å². The van der Waals surface area contributed by atoms with Crippen LogP contribution in [0.1, 0.15) is 34.6 Å². The van der Waals surface area contributed by atoms with E-state index in [2.05, 4.69) is 26.1 Å². The van der Waals surface area contributed by atoms with E-state index in [0.29, 0.717) is 12.3 Å². The van der Waals surface area contributed by atoms with E-state index in [0.717, 1.165) is 0 Å². The van der Waals surface area contributed by atoms with Gasteiger partial charge in [-0.25, -0.2) is 0 Å². The van der Waals surface area contributed by atoms with Gasteiger partial charge in [-0.2, -0.15) is 0 Å². The van der Waals surface area contributed by atoms with Crippen molar-refractivity contribution in [3.63, 3.8) is 0 Å². The molecule has 1 amide bonds. The van der Waals surface area contributed by atoms with Gasteiger partial charge in [-0.3, -0.25) is 4.79 Å². The van der Waals surface area contributed by atoms with Crippen molar-refractivity contribution < 1.29 is 4.79 Å². The molecule has 0 aliphatic heterocycles. The summed E-state index contributed by atoms with van der Waals surface area (Å²) in [6.07, 6.45) is 0. The molecule has 0 radical (unpaired) electrons. The van der Waals surface area contributed by atoms with Crippen LogP contribution in [0.3, 0.4) is 0 Å². The number of hydrogen-bond donors (Lipinski definition) is 2. The molecule has 0 aliphatic rings. The van der Waals surface area contributed by atoms with Crippen molar-refractivity contribution >= 4 is 17.7 Å². The molecule has 3 N–H and O–H groups in total. The molecule has 0 aromatic carbocycles. The third kappa shape index (κ3) is 9.86. The zero-order valence-corrected chi connectivity index (χ0v) is 10.6. The number of carbonyl (C=O) groups excluding carboxylic acids is 1. The van der Waals surface area contributed by atoms with Crippen molar-refractivity contribution in [3.8, 4) is 0 Å². The van der Waals surface area contributed by atoms with Gasteiger partial charge in [0.1, 0.15) is 0 Å². The van der Waals surface area contributed by atoms with Gasteiger partial charge in [0.2, 0.25) is 5.91 Å². The van der Waals surface area contributed by atoms with E-state index in [1.165, 1.54) is 0 Å². The molecule has 0 unspecified atom stereocenters. The standard InChI is InChI=1S/C10H22N2OS/c1-9(2,3)14-6-8(13)12-7-10(4,5)11/h6-7,11H2,1-5H3,(H,12,13). The van der Waals surface area contributed by atoms with Gasteiger partial charge >= 0.3 is 0 Å². The Bertz CT molecular complexity index is 171. The van der Waals surface area contributed by atoms with Crippen molar-refractivity contribution in [2.24, 2.45) is 5.73 Å². The molecule has 0 aliphatic carbocycles. The quantitative estimate of drug-likeness (QED) is 0.749. The fourth-order valence-electron chi connectivity index (χ4n) is 0.659. The molecule has 0 saturated carbocycles. The van der Waals surface area contributed by atoms with Gasteiger partial charge in [0.15, 0.2) is 0 Å². The van der Waals surface area contributed by atoms with Crippen molar-refractivity contribution in [1.29, 1.82) is 0 Å². The summed E-state index contributed by atoms with van der Waals surface area (Å²) in [5.41, 5.74) is 5.41. The largest absolute Gasteiger partial charge is 0.354 e. The zero-order valence-electron chi connectivity index (χ0n) is 9.81. The number of amides is 1. The van der Waals surface area contributed by atoms with Crippen LogP contribution in [0.15, 0.2) is 0 Å². The molecular formula is C10H22N2OS. The Balaban J connectivity index is 3.68. The van der Waals surface area contributed by atoms with E-state index in [1.54, 1.807) is 11.8 Å². The minimum Gasteiger partial charge on any atom is -0.354 e. The van der Waals surface area contributed by atoms with Crippen molar-refractivity contribution in [1.82, 2.24) is 5.32 Å². The molecular weight excluding hydrogens is 196 g/mol. The first-order valence-electron chi connectivity index (χ1n) is 4.80. The second kappa shape index (κ2) is 5.03. The van der Waals surface area contributed by atoms with Gasteiger partial charge in [0, 0.05) is 16.8 Å². The van der Waals surface area contributed by atoms with E-state index in [4.69, 9.17) is 5.73 Å². The SMILES string of the molecule is CC(C)(N)CNC(=O)CSC(C)(C)C. The number of nitrogens with two attached hydrogens (primary N) is 1. The van der Waals surface area contributed by atoms with Crippen molar-refractivity contribution in [2.45, 2.75) is 44.9 Å². The number of rotatable bonds is 4. The highest BCUT2D eigenvalue weighted by molar-refractivity contribution is 8.01. The van der Waals surface area contributed by atoms with Crippen LogP contribution in [0.4, 0.5) is 0 Å². The van der Waals surface area contributed by atoms with E-state index in [1.807, 2.05) is 13.8 Å². The fourth-order valence-corrected chi connectivity index (χ4v) is 1.33. The maximum atomic E-state index is 11.3. The Morgan fingerprint density at radius 2 is 1.79 bits per heavy atom. The molecule has 0 spiro atoms. The molecule has 4 heteroatoms. The molecule has 0 atom stereocenters. The summed E-state index contributed by atoms with van der Waals surface area (Å²) >= 11 is 1.64. The Hall–Kier alpha value is -0.220. The van der Waals surface area contributed by atoms with Crippen LogP contribution >= 0.6 is 11.8 Å². The van der Waals surface area contributed by atoms with Gasteiger partial charge in [0.05, 0.1) is 5.75 Å². The maximum absolute atomic E-state index is 11.3. The Morgan fingerprint density at radius 3 is 2.14 bits per heavy atom. The van der Waals surface area contributed by atoms with Crippen LogP contribution in [0.5, 0.6) is 0 Å². The number of nitrogens with one attached hydrogen (secondary N) is 1. The van der Waals surface area contributed by atoms with Crippen molar-refractivity contribution in [2.75, 3.05) is 12.3 Å². The second-order valence-corrected chi connectivity index (χ2v) is 6.97. The first kappa shape index (κ1) is 13.8. The minimum absolute atomic E-state index is 0.0588. The second-order valence-electron chi connectivity index (χ2n) is 5.17. The summed E-state index contributed by atoms with van der Waals surface area (Å²) < 4.78 is 0.134. The maximum Gasteiger partial charge on any atom is 0.230 e. The fraction of sp³-hybridized carbons (Fsp3) is 0.900. The predicted octanol–water partition coefficient (Wildman–Crippen LogP) is 1.37. The average molecular weight is 218 g/mol. The highest BCUT2D eigenvalue weighted by Crippen LogP contribution is 2.22. The van der Waals surface area contributed by atoms with E-state index < -0.39 is 0 Å². The number of carbonyl (C=O) groups is 1. The summed E-state index contributed by atoms with van der Waals surface area (Å²) in [4.78, 5) is 11.3. The first-order chi connectivity index (χ1) is 6.10. The minimum atomic E-state index is -0.331. The molecule has 14 heavy (non-hydrogen) atoms. The number of hydrogen-bond acceptors (Lipinski definition) is 3. The van der Waals surface area contributed by atoms with Crippen LogP contribution in [-0.4, -0.2) is 28.5 Å². The highest BCUT2D eigenvalue weighted by Gasteiger charge is 2.15.